The number of carbonyl (C=O) groups excluding carboxylic acids is 1. The smallest absolute Gasteiger partial charge is 0.230 e. The van der Waals surface area contributed by atoms with Crippen LogP contribution in [0.3, 0.4) is 0 Å². The lowest BCUT2D eigenvalue weighted by Gasteiger charge is -2.07. The molecule has 1 amide bonds. The normalized spacial score (nSPS) is 10.5. The van der Waals surface area contributed by atoms with Crippen LogP contribution in [0.15, 0.2) is 78.3 Å². The third-order valence-corrected chi connectivity index (χ3v) is 5.38. The molecule has 31 heavy (non-hydrogen) atoms. The first-order valence-electron chi connectivity index (χ1n) is 9.82. The van der Waals surface area contributed by atoms with Crippen LogP contribution in [0.25, 0.3) is 11.3 Å². The molecule has 7 heteroatoms. The Labute approximate surface area is 185 Å². The zero-order chi connectivity index (χ0) is 21.5. The highest BCUT2D eigenvalue weighted by atomic mass is 32.1. The number of rotatable bonds is 8. The summed E-state index contributed by atoms with van der Waals surface area (Å²) in [6.07, 6.45) is 2.01. The van der Waals surface area contributed by atoms with Gasteiger partial charge in [-0.05, 0) is 35.4 Å². The minimum Gasteiger partial charge on any atom is -0.497 e. The van der Waals surface area contributed by atoms with E-state index >= 15 is 0 Å². The van der Waals surface area contributed by atoms with Crippen LogP contribution in [0.5, 0.6) is 5.75 Å². The summed E-state index contributed by atoms with van der Waals surface area (Å²) >= 11 is 1.40. The van der Waals surface area contributed by atoms with Gasteiger partial charge in [0.05, 0.1) is 19.2 Å². The van der Waals surface area contributed by atoms with Gasteiger partial charge >= 0.3 is 0 Å². The van der Waals surface area contributed by atoms with E-state index < -0.39 is 0 Å². The van der Waals surface area contributed by atoms with Crippen molar-refractivity contribution < 1.29 is 9.53 Å². The first-order valence-corrected chi connectivity index (χ1v) is 10.7. The SMILES string of the molecule is COc1cccc(CC(=O)Nc2nc(-c3ccnc(NCc4ccccc4)c3)cs2)c1. The number of pyridine rings is 1. The third kappa shape index (κ3) is 5.67. The largest absolute Gasteiger partial charge is 0.497 e. The van der Waals surface area contributed by atoms with Crippen LogP contribution < -0.4 is 15.4 Å². The highest BCUT2D eigenvalue weighted by Gasteiger charge is 2.10. The number of carbonyl (C=O) groups is 1. The molecule has 4 rings (SSSR count). The van der Waals surface area contributed by atoms with Crippen LogP contribution in [-0.2, 0) is 17.8 Å². The number of amides is 1. The van der Waals surface area contributed by atoms with Gasteiger partial charge in [0.15, 0.2) is 5.13 Å². The number of hydrogen-bond donors (Lipinski definition) is 2. The highest BCUT2D eigenvalue weighted by molar-refractivity contribution is 7.14. The predicted octanol–water partition coefficient (Wildman–Crippen LogP) is 5.01. The lowest BCUT2D eigenvalue weighted by molar-refractivity contribution is -0.115. The maximum atomic E-state index is 12.4. The number of thiazole rings is 1. The number of methoxy groups -OCH3 is 1. The summed E-state index contributed by atoms with van der Waals surface area (Å²) < 4.78 is 5.21. The van der Waals surface area contributed by atoms with Crippen LogP contribution in [0, 0.1) is 0 Å². The number of ether oxygens (including phenoxy) is 1. The average molecular weight is 431 g/mol. The number of nitrogens with zero attached hydrogens (tertiary/aromatic N) is 2. The van der Waals surface area contributed by atoms with Gasteiger partial charge in [-0.2, -0.15) is 0 Å². The van der Waals surface area contributed by atoms with Crippen molar-refractivity contribution in [2.75, 3.05) is 17.7 Å². The molecule has 0 fully saturated rings. The quantitative estimate of drug-likeness (QED) is 0.411. The fourth-order valence-corrected chi connectivity index (χ4v) is 3.81. The van der Waals surface area contributed by atoms with Crippen molar-refractivity contribution in [3.8, 4) is 17.0 Å². The minimum atomic E-state index is -0.117. The molecule has 2 aromatic heterocycles. The van der Waals surface area contributed by atoms with Gasteiger partial charge in [0.25, 0.3) is 0 Å². The van der Waals surface area contributed by atoms with Crippen molar-refractivity contribution in [3.05, 3.63) is 89.4 Å². The topological polar surface area (TPSA) is 76.1 Å². The molecule has 0 atom stereocenters. The van der Waals surface area contributed by atoms with Crippen molar-refractivity contribution in [3.63, 3.8) is 0 Å². The zero-order valence-electron chi connectivity index (χ0n) is 17.0. The molecule has 0 spiro atoms. The standard InChI is InChI=1S/C24H22N4O2S/c1-30-20-9-5-8-18(12-20)13-23(29)28-24-27-21(16-31-24)19-10-11-25-22(14-19)26-15-17-6-3-2-4-7-17/h2-12,14,16H,13,15H2,1H3,(H,25,26)(H,27,28,29). The van der Waals surface area contributed by atoms with E-state index in [1.54, 1.807) is 13.3 Å². The summed E-state index contributed by atoms with van der Waals surface area (Å²) in [6.45, 7) is 0.694. The van der Waals surface area contributed by atoms with Gasteiger partial charge in [-0.3, -0.25) is 4.79 Å². The second-order valence-corrected chi connectivity index (χ2v) is 7.74. The molecule has 0 bridgehead atoms. The van der Waals surface area contributed by atoms with Crippen LogP contribution in [0.2, 0.25) is 0 Å². The molecule has 0 aliphatic carbocycles. The number of benzene rings is 2. The van der Waals surface area contributed by atoms with Crippen molar-refractivity contribution in [1.82, 2.24) is 9.97 Å². The summed E-state index contributed by atoms with van der Waals surface area (Å²) in [5.41, 5.74) is 3.81. The number of hydrogen-bond acceptors (Lipinski definition) is 6. The Morgan fingerprint density at radius 2 is 1.87 bits per heavy atom. The van der Waals surface area contributed by atoms with Gasteiger partial charge in [-0.25, -0.2) is 9.97 Å². The maximum absolute atomic E-state index is 12.4. The lowest BCUT2D eigenvalue weighted by Crippen LogP contribution is -2.14. The van der Waals surface area contributed by atoms with Crippen LogP contribution in [0.4, 0.5) is 10.9 Å². The number of anilines is 2. The summed E-state index contributed by atoms with van der Waals surface area (Å²) in [5, 5.41) is 8.70. The molecule has 156 valence electrons. The highest BCUT2D eigenvalue weighted by Crippen LogP contribution is 2.26. The average Bonchev–Trinajstić information content (AvgIpc) is 3.27. The number of nitrogens with one attached hydrogen (secondary N) is 2. The Morgan fingerprint density at radius 1 is 1.03 bits per heavy atom. The second kappa shape index (κ2) is 9.86. The molecule has 2 aromatic carbocycles. The predicted molar refractivity (Wildman–Crippen MR) is 124 cm³/mol. The fourth-order valence-electron chi connectivity index (χ4n) is 3.07. The van der Waals surface area contributed by atoms with Gasteiger partial charge < -0.3 is 15.4 Å². The summed E-state index contributed by atoms with van der Waals surface area (Å²) in [4.78, 5) is 21.3. The van der Waals surface area contributed by atoms with E-state index in [-0.39, 0.29) is 12.3 Å². The summed E-state index contributed by atoms with van der Waals surface area (Å²) in [5.74, 6) is 1.39. The van der Waals surface area contributed by atoms with E-state index in [4.69, 9.17) is 4.74 Å². The van der Waals surface area contributed by atoms with E-state index in [2.05, 4.69) is 32.7 Å². The van der Waals surface area contributed by atoms with Gasteiger partial charge in [0.1, 0.15) is 11.6 Å². The van der Waals surface area contributed by atoms with Gasteiger partial charge in [-0.15, -0.1) is 11.3 Å². The Kier molecular flexibility index (Phi) is 6.54. The third-order valence-electron chi connectivity index (χ3n) is 4.62. The molecular formula is C24H22N4O2S. The van der Waals surface area contributed by atoms with E-state index in [1.807, 2.05) is 60.0 Å². The summed E-state index contributed by atoms with van der Waals surface area (Å²) in [6, 6.07) is 21.5. The van der Waals surface area contributed by atoms with Gasteiger partial charge in [-0.1, -0.05) is 42.5 Å². The van der Waals surface area contributed by atoms with E-state index in [1.165, 1.54) is 16.9 Å². The molecule has 2 heterocycles. The van der Waals surface area contributed by atoms with E-state index in [0.29, 0.717) is 11.7 Å². The first kappa shape index (κ1) is 20.6. The Balaban J connectivity index is 1.38. The Morgan fingerprint density at radius 3 is 2.71 bits per heavy atom. The van der Waals surface area contributed by atoms with Crippen molar-refractivity contribution in [2.45, 2.75) is 13.0 Å². The molecule has 0 radical (unpaired) electrons. The van der Waals surface area contributed by atoms with Crippen LogP contribution >= 0.6 is 11.3 Å². The van der Waals surface area contributed by atoms with Crippen molar-refractivity contribution >= 4 is 28.2 Å². The summed E-state index contributed by atoms with van der Waals surface area (Å²) in [7, 11) is 1.61. The molecule has 0 aliphatic heterocycles. The first-order chi connectivity index (χ1) is 15.2. The van der Waals surface area contributed by atoms with E-state index in [9.17, 15) is 4.79 Å². The minimum absolute atomic E-state index is 0.117. The molecule has 4 aromatic rings. The van der Waals surface area contributed by atoms with E-state index in [0.717, 1.165) is 28.4 Å². The fraction of sp³-hybridized carbons (Fsp3) is 0.125. The number of aromatic nitrogens is 2. The van der Waals surface area contributed by atoms with Crippen molar-refractivity contribution in [1.29, 1.82) is 0 Å². The Hall–Kier alpha value is -3.71. The molecule has 0 saturated heterocycles. The molecular weight excluding hydrogens is 408 g/mol. The molecule has 0 unspecified atom stereocenters. The van der Waals surface area contributed by atoms with Crippen LogP contribution in [-0.4, -0.2) is 23.0 Å². The monoisotopic (exact) mass is 430 g/mol. The lowest BCUT2D eigenvalue weighted by atomic mass is 10.1. The zero-order valence-corrected chi connectivity index (χ0v) is 17.9. The molecule has 2 N–H and O–H groups in total. The molecule has 6 nitrogen and oxygen atoms in total. The van der Waals surface area contributed by atoms with Gasteiger partial charge in [0.2, 0.25) is 5.91 Å². The molecule has 0 aliphatic rings. The second-order valence-electron chi connectivity index (χ2n) is 6.88. The Bertz CT molecular complexity index is 1160. The maximum Gasteiger partial charge on any atom is 0.230 e. The van der Waals surface area contributed by atoms with Gasteiger partial charge in [0, 0.05) is 23.7 Å². The van der Waals surface area contributed by atoms with Crippen molar-refractivity contribution in [2.24, 2.45) is 0 Å². The molecule has 0 saturated carbocycles. The van der Waals surface area contributed by atoms with Crippen LogP contribution in [0.1, 0.15) is 11.1 Å².